The molecule has 1 aromatic carbocycles. The Hall–Kier alpha value is -1.03. The molecule has 1 heterocycles. The predicted octanol–water partition coefficient (Wildman–Crippen LogP) is 3.72. The molecule has 2 rings (SSSR count). The molecule has 0 saturated carbocycles. The Labute approximate surface area is 129 Å². The molecule has 2 unspecified atom stereocenters. The number of nitrogens with zero attached hydrogens (tertiary/aromatic N) is 1. The van der Waals surface area contributed by atoms with E-state index in [0.717, 1.165) is 24.0 Å². The lowest BCUT2D eigenvalue weighted by molar-refractivity contribution is 0.0738. The Kier molecular flexibility index (Phi) is 5.08. The Morgan fingerprint density at radius 3 is 2.90 bits per heavy atom. The van der Waals surface area contributed by atoms with Gasteiger partial charge in [-0.25, -0.2) is 0 Å². The molecule has 1 fully saturated rings. The maximum absolute atomic E-state index is 12.6. The summed E-state index contributed by atoms with van der Waals surface area (Å²) in [6.07, 6.45) is 1.19. The molecule has 1 amide bonds. The Morgan fingerprint density at radius 1 is 1.50 bits per heavy atom. The smallest absolute Gasteiger partial charge is 0.254 e. The maximum atomic E-state index is 12.6. The highest BCUT2D eigenvalue weighted by molar-refractivity contribution is 9.09. The summed E-state index contributed by atoms with van der Waals surface area (Å²) in [6.45, 7) is 7.01. The van der Waals surface area contributed by atoms with Crippen molar-refractivity contribution < 1.29 is 9.53 Å². The van der Waals surface area contributed by atoms with Gasteiger partial charge in [-0.05, 0) is 44.4 Å². The number of likely N-dealkylation sites (tertiary alicyclic amines) is 1. The quantitative estimate of drug-likeness (QED) is 0.782. The van der Waals surface area contributed by atoms with E-state index in [0.29, 0.717) is 11.5 Å². The van der Waals surface area contributed by atoms with Crippen LogP contribution in [-0.4, -0.2) is 34.8 Å². The number of hydrogen-bond acceptors (Lipinski definition) is 2. The van der Waals surface area contributed by atoms with Gasteiger partial charge < -0.3 is 9.64 Å². The molecule has 2 atom stereocenters. The number of ether oxygens (including phenoxy) is 1. The molecule has 0 bridgehead atoms. The monoisotopic (exact) mass is 339 g/mol. The summed E-state index contributed by atoms with van der Waals surface area (Å²) < 4.78 is 5.66. The summed E-state index contributed by atoms with van der Waals surface area (Å²) in [5.74, 6) is 1.41. The van der Waals surface area contributed by atoms with Crippen LogP contribution in [-0.2, 0) is 0 Å². The van der Waals surface area contributed by atoms with Gasteiger partial charge in [-0.2, -0.15) is 0 Å². The molecule has 1 aliphatic heterocycles. The summed E-state index contributed by atoms with van der Waals surface area (Å²) >= 11 is 3.53. The van der Waals surface area contributed by atoms with Gasteiger partial charge in [0.1, 0.15) is 5.75 Å². The zero-order valence-corrected chi connectivity index (χ0v) is 13.9. The minimum absolute atomic E-state index is 0.105. The Balaban J connectivity index is 2.16. The van der Waals surface area contributed by atoms with Gasteiger partial charge in [0, 0.05) is 23.5 Å². The second-order valence-corrected chi connectivity index (χ2v) is 6.33. The average Bonchev–Trinajstić information content (AvgIpc) is 2.78. The third-order valence-electron chi connectivity index (χ3n) is 3.75. The molecule has 0 spiro atoms. The molecular formula is C16H22BrNO2. The van der Waals surface area contributed by atoms with Crippen LogP contribution in [0.1, 0.15) is 37.6 Å². The molecule has 110 valence electrons. The maximum Gasteiger partial charge on any atom is 0.254 e. The summed E-state index contributed by atoms with van der Waals surface area (Å²) in [6, 6.07) is 7.77. The number of amides is 1. The molecular weight excluding hydrogens is 318 g/mol. The molecule has 1 aromatic rings. The van der Waals surface area contributed by atoms with Gasteiger partial charge in [0.25, 0.3) is 5.91 Å². The molecule has 0 aliphatic carbocycles. The summed E-state index contributed by atoms with van der Waals surface area (Å²) in [5, 5.41) is 0.835. The zero-order valence-electron chi connectivity index (χ0n) is 12.3. The minimum Gasteiger partial charge on any atom is -0.491 e. The van der Waals surface area contributed by atoms with Crippen LogP contribution in [0.4, 0.5) is 0 Å². The molecule has 20 heavy (non-hydrogen) atoms. The van der Waals surface area contributed by atoms with Crippen molar-refractivity contribution in [3.63, 3.8) is 0 Å². The fourth-order valence-corrected chi connectivity index (χ4v) is 3.62. The lowest BCUT2D eigenvalue weighted by atomic mass is 10.0. The lowest BCUT2D eigenvalue weighted by Crippen LogP contribution is -2.38. The van der Waals surface area contributed by atoms with Crippen LogP contribution in [0.3, 0.4) is 0 Å². The van der Waals surface area contributed by atoms with E-state index in [9.17, 15) is 4.79 Å². The van der Waals surface area contributed by atoms with Crippen molar-refractivity contribution >= 4 is 21.8 Å². The van der Waals surface area contributed by atoms with E-state index in [2.05, 4.69) is 22.9 Å². The van der Waals surface area contributed by atoms with Crippen molar-refractivity contribution in [2.75, 3.05) is 11.9 Å². The summed E-state index contributed by atoms with van der Waals surface area (Å²) in [4.78, 5) is 14.6. The van der Waals surface area contributed by atoms with Crippen LogP contribution in [0.15, 0.2) is 24.3 Å². The number of carbonyl (C=O) groups is 1. The second-order valence-electron chi connectivity index (χ2n) is 5.68. The van der Waals surface area contributed by atoms with Crippen molar-refractivity contribution in [3.8, 4) is 5.75 Å². The van der Waals surface area contributed by atoms with Crippen molar-refractivity contribution in [1.29, 1.82) is 0 Å². The van der Waals surface area contributed by atoms with Gasteiger partial charge in [-0.1, -0.05) is 28.9 Å². The van der Waals surface area contributed by atoms with E-state index in [1.54, 1.807) is 0 Å². The van der Waals surface area contributed by atoms with Crippen molar-refractivity contribution in [1.82, 2.24) is 4.90 Å². The van der Waals surface area contributed by atoms with Crippen LogP contribution in [0.2, 0.25) is 0 Å². The fraction of sp³-hybridized carbons (Fsp3) is 0.562. The zero-order chi connectivity index (χ0) is 14.7. The van der Waals surface area contributed by atoms with Gasteiger partial charge >= 0.3 is 0 Å². The van der Waals surface area contributed by atoms with E-state index < -0.39 is 0 Å². The Bertz CT molecular complexity index is 475. The van der Waals surface area contributed by atoms with Gasteiger partial charge in [0.05, 0.1) is 6.10 Å². The Morgan fingerprint density at radius 2 is 2.25 bits per heavy atom. The minimum atomic E-state index is 0.105. The lowest BCUT2D eigenvalue weighted by Gasteiger charge is -2.25. The van der Waals surface area contributed by atoms with Gasteiger partial charge in [0.2, 0.25) is 0 Å². The van der Waals surface area contributed by atoms with Crippen molar-refractivity contribution in [3.05, 3.63) is 29.8 Å². The summed E-state index contributed by atoms with van der Waals surface area (Å²) in [5.41, 5.74) is 0.711. The predicted molar refractivity (Wildman–Crippen MR) is 84.6 cm³/mol. The number of carbonyl (C=O) groups excluding carboxylic acids is 1. The van der Waals surface area contributed by atoms with Crippen LogP contribution in [0.25, 0.3) is 0 Å². The number of hydrogen-bond donors (Lipinski definition) is 0. The first kappa shape index (κ1) is 15.4. The second kappa shape index (κ2) is 6.61. The fourth-order valence-electron chi connectivity index (χ4n) is 2.64. The van der Waals surface area contributed by atoms with E-state index in [-0.39, 0.29) is 18.1 Å². The molecule has 1 saturated heterocycles. The van der Waals surface area contributed by atoms with E-state index in [1.807, 2.05) is 43.0 Å². The first-order chi connectivity index (χ1) is 9.52. The number of rotatable bonds is 4. The normalized spacial score (nSPS) is 22.4. The highest BCUT2D eigenvalue weighted by Crippen LogP contribution is 2.27. The van der Waals surface area contributed by atoms with Gasteiger partial charge in [0.15, 0.2) is 0 Å². The first-order valence-corrected chi connectivity index (χ1v) is 8.28. The van der Waals surface area contributed by atoms with Gasteiger partial charge in [-0.15, -0.1) is 0 Å². The van der Waals surface area contributed by atoms with E-state index in [4.69, 9.17) is 4.74 Å². The van der Waals surface area contributed by atoms with Crippen LogP contribution < -0.4 is 4.74 Å². The highest BCUT2D eigenvalue weighted by atomic mass is 79.9. The SMILES string of the molecule is CC(C)Oc1cccc(C(=O)N2CCC(C)C2CBr)c1. The molecule has 0 aromatic heterocycles. The van der Waals surface area contributed by atoms with Crippen molar-refractivity contribution in [2.24, 2.45) is 5.92 Å². The van der Waals surface area contributed by atoms with Crippen LogP contribution in [0, 0.1) is 5.92 Å². The molecule has 3 nitrogen and oxygen atoms in total. The van der Waals surface area contributed by atoms with Crippen LogP contribution >= 0.6 is 15.9 Å². The number of benzene rings is 1. The number of halogens is 1. The average molecular weight is 340 g/mol. The molecule has 0 N–H and O–H groups in total. The third-order valence-corrected chi connectivity index (χ3v) is 4.42. The molecule has 1 aliphatic rings. The summed E-state index contributed by atoms with van der Waals surface area (Å²) in [7, 11) is 0. The topological polar surface area (TPSA) is 29.5 Å². The molecule has 4 heteroatoms. The number of alkyl halides is 1. The third kappa shape index (κ3) is 3.35. The standard InChI is InChI=1S/C16H22BrNO2/c1-11(2)20-14-6-4-5-13(9-14)16(19)18-8-7-12(3)15(18)10-17/h4-6,9,11-12,15H,7-8,10H2,1-3H3. The van der Waals surface area contributed by atoms with Crippen molar-refractivity contribution in [2.45, 2.75) is 39.3 Å². The van der Waals surface area contributed by atoms with Gasteiger partial charge in [-0.3, -0.25) is 4.79 Å². The van der Waals surface area contributed by atoms with E-state index >= 15 is 0 Å². The largest absolute Gasteiger partial charge is 0.491 e. The van der Waals surface area contributed by atoms with E-state index in [1.165, 1.54) is 0 Å². The highest BCUT2D eigenvalue weighted by Gasteiger charge is 2.33. The first-order valence-electron chi connectivity index (χ1n) is 7.16. The molecule has 0 radical (unpaired) electrons. The van der Waals surface area contributed by atoms with Crippen LogP contribution in [0.5, 0.6) is 5.75 Å².